The van der Waals surface area contributed by atoms with E-state index in [1.807, 2.05) is 0 Å². The highest BCUT2D eigenvalue weighted by molar-refractivity contribution is 5.87. The predicted octanol–water partition coefficient (Wildman–Crippen LogP) is 2.33. The second kappa shape index (κ2) is 5.17. The summed E-state index contributed by atoms with van der Waals surface area (Å²) in [5.41, 5.74) is 2.16. The first-order valence-corrected chi connectivity index (χ1v) is 6.82. The molecule has 0 amide bonds. The van der Waals surface area contributed by atoms with Crippen LogP contribution in [0.5, 0.6) is 0 Å². The van der Waals surface area contributed by atoms with Crippen LogP contribution < -0.4 is 10.2 Å². The number of nitrogens with zero attached hydrogens (tertiary/aromatic N) is 2. The van der Waals surface area contributed by atoms with Crippen LogP contribution in [0.1, 0.15) is 19.2 Å². The fourth-order valence-electron chi connectivity index (χ4n) is 2.49. The van der Waals surface area contributed by atoms with E-state index in [2.05, 4.69) is 22.1 Å². The van der Waals surface area contributed by atoms with Gasteiger partial charge in [-0.25, -0.2) is 9.37 Å². The molecule has 2 aromatic rings. The van der Waals surface area contributed by atoms with Gasteiger partial charge in [-0.2, -0.15) is 0 Å². The molecule has 1 saturated heterocycles. The van der Waals surface area contributed by atoms with Crippen molar-refractivity contribution in [2.24, 2.45) is 0 Å². The topological polar surface area (TPSA) is 41.3 Å². The minimum atomic E-state index is -0.252. The molecule has 1 aliphatic rings. The van der Waals surface area contributed by atoms with Gasteiger partial charge in [0, 0.05) is 44.7 Å². The molecule has 0 radical (unpaired) electrons. The van der Waals surface area contributed by atoms with Crippen LogP contribution in [-0.2, 0) is 6.42 Å². The van der Waals surface area contributed by atoms with Gasteiger partial charge in [-0.3, -0.25) is 0 Å². The van der Waals surface area contributed by atoms with Gasteiger partial charge in [0.25, 0.3) is 0 Å². The van der Waals surface area contributed by atoms with Crippen LogP contribution in [-0.4, -0.2) is 31.2 Å². The Morgan fingerprint density at radius 1 is 1.37 bits per heavy atom. The molecule has 1 aromatic heterocycles. The highest BCUT2D eigenvalue weighted by atomic mass is 19.1. The lowest BCUT2D eigenvalue weighted by atomic mass is 10.2. The van der Waals surface area contributed by atoms with Gasteiger partial charge in [0.1, 0.15) is 11.3 Å². The van der Waals surface area contributed by atoms with Crippen molar-refractivity contribution >= 4 is 16.8 Å². The molecule has 2 heterocycles. The molecule has 1 aromatic carbocycles. The maximum Gasteiger partial charge on any atom is 0.195 e. The third-order valence-corrected chi connectivity index (χ3v) is 3.40. The highest BCUT2D eigenvalue weighted by Crippen LogP contribution is 2.29. The van der Waals surface area contributed by atoms with E-state index in [1.54, 1.807) is 6.07 Å². The minimum absolute atomic E-state index is 0.252. The smallest absolute Gasteiger partial charge is 0.195 e. The lowest BCUT2D eigenvalue weighted by Crippen LogP contribution is -2.43. The number of aryl methyl sites for hydroxylation is 1. The van der Waals surface area contributed by atoms with Gasteiger partial charge in [0.15, 0.2) is 11.5 Å². The van der Waals surface area contributed by atoms with E-state index in [0.29, 0.717) is 17.0 Å². The van der Waals surface area contributed by atoms with E-state index in [-0.39, 0.29) is 5.82 Å². The first-order valence-electron chi connectivity index (χ1n) is 6.82. The number of rotatable bonds is 3. The number of oxazole rings is 1. The van der Waals surface area contributed by atoms with Crippen molar-refractivity contribution in [2.75, 3.05) is 31.1 Å². The molecule has 5 heteroatoms. The van der Waals surface area contributed by atoms with E-state index >= 15 is 0 Å². The molecule has 0 bridgehead atoms. The minimum Gasteiger partial charge on any atom is -0.439 e. The normalized spacial score (nSPS) is 16.2. The average Bonchev–Trinajstić information content (AvgIpc) is 2.81. The number of hydrogen-bond acceptors (Lipinski definition) is 4. The van der Waals surface area contributed by atoms with E-state index in [0.717, 1.165) is 44.7 Å². The summed E-state index contributed by atoms with van der Waals surface area (Å²) in [5.74, 6) is 0.442. The van der Waals surface area contributed by atoms with Crippen LogP contribution in [0, 0.1) is 5.82 Å². The molecule has 0 aliphatic carbocycles. The fraction of sp³-hybridized carbons (Fsp3) is 0.500. The maximum atomic E-state index is 13.7. The molecule has 1 fully saturated rings. The number of aromatic nitrogens is 1. The largest absolute Gasteiger partial charge is 0.439 e. The summed E-state index contributed by atoms with van der Waals surface area (Å²) in [6.07, 6.45) is 1.76. The van der Waals surface area contributed by atoms with Crippen LogP contribution >= 0.6 is 0 Å². The van der Waals surface area contributed by atoms with Crippen molar-refractivity contribution in [1.82, 2.24) is 10.3 Å². The average molecular weight is 263 g/mol. The van der Waals surface area contributed by atoms with Crippen LogP contribution in [0.2, 0.25) is 0 Å². The van der Waals surface area contributed by atoms with Crippen molar-refractivity contribution in [3.05, 3.63) is 23.8 Å². The summed E-state index contributed by atoms with van der Waals surface area (Å²) in [7, 11) is 0. The Labute approximate surface area is 111 Å². The van der Waals surface area contributed by atoms with Crippen molar-refractivity contribution in [3.63, 3.8) is 0 Å². The molecule has 3 rings (SSSR count). The first kappa shape index (κ1) is 12.4. The van der Waals surface area contributed by atoms with Crippen LogP contribution in [0.4, 0.5) is 10.1 Å². The van der Waals surface area contributed by atoms with E-state index in [9.17, 15) is 4.39 Å². The molecule has 0 atom stereocenters. The fourth-order valence-corrected chi connectivity index (χ4v) is 2.49. The Balaban J connectivity index is 2.05. The predicted molar refractivity (Wildman–Crippen MR) is 73.0 cm³/mol. The molecular formula is C14H18FN3O. The standard InChI is InChI=1S/C14H18FN3O/c1-2-3-13-17-11-8-10(15)9-12(14(11)19-13)18-6-4-16-5-7-18/h8-9,16H,2-7H2,1H3. The van der Waals surface area contributed by atoms with Crippen LogP contribution in [0.25, 0.3) is 11.1 Å². The second-order valence-corrected chi connectivity index (χ2v) is 4.87. The van der Waals surface area contributed by atoms with Gasteiger partial charge in [0.2, 0.25) is 0 Å². The van der Waals surface area contributed by atoms with Gasteiger partial charge in [-0.1, -0.05) is 6.92 Å². The maximum absolute atomic E-state index is 13.7. The number of hydrogen-bond donors (Lipinski definition) is 1. The summed E-state index contributed by atoms with van der Waals surface area (Å²) in [6.45, 7) is 5.62. The molecular weight excluding hydrogens is 245 g/mol. The SMILES string of the molecule is CCCc1nc2cc(F)cc(N3CCNCC3)c2o1. The molecule has 102 valence electrons. The highest BCUT2D eigenvalue weighted by Gasteiger charge is 2.18. The molecule has 0 unspecified atom stereocenters. The Morgan fingerprint density at radius 2 is 2.16 bits per heavy atom. The lowest BCUT2D eigenvalue weighted by molar-refractivity contribution is 0.521. The summed E-state index contributed by atoms with van der Waals surface area (Å²) in [4.78, 5) is 6.53. The third-order valence-electron chi connectivity index (χ3n) is 3.40. The van der Waals surface area contributed by atoms with Crippen molar-refractivity contribution in [1.29, 1.82) is 0 Å². The Morgan fingerprint density at radius 3 is 2.89 bits per heavy atom. The molecule has 1 N–H and O–H groups in total. The number of nitrogens with one attached hydrogen (secondary N) is 1. The van der Waals surface area contributed by atoms with E-state index in [1.165, 1.54) is 6.07 Å². The van der Waals surface area contributed by atoms with E-state index < -0.39 is 0 Å². The van der Waals surface area contributed by atoms with Crippen molar-refractivity contribution in [3.8, 4) is 0 Å². The van der Waals surface area contributed by atoms with Crippen LogP contribution in [0.3, 0.4) is 0 Å². The Bertz CT molecular complexity index is 575. The number of fused-ring (bicyclic) bond motifs is 1. The molecule has 1 aliphatic heterocycles. The summed E-state index contributed by atoms with van der Waals surface area (Å²) < 4.78 is 19.5. The van der Waals surface area contributed by atoms with Gasteiger partial charge in [0.05, 0.1) is 5.69 Å². The monoisotopic (exact) mass is 263 g/mol. The van der Waals surface area contributed by atoms with Crippen molar-refractivity contribution < 1.29 is 8.81 Å². The lowest BCUT2D eigenvalue weighted by Gasteiger charge is -2.29. The van der Waals surface area contributed by atoms with Gasteiger partial charge < -0.3 is 14.6 Å². The number of piperazine rings is 1. The van der Waals surface area contributed by atoms with Gasteiger partial charge in [-0.15, -0.1) is 0 Å². The molecule has 4 nitrogen and oxygen atoms in total. The van der Waals surface area contributed by atoms with Gasteiger partial charge in [-0.05, 0) is 6.42 Å². The second-order valence-electron chi connectivity index (χ2n) is 4.87. The third kappa shape index (κ3) is 2.42. The number of halogens is 1. The first-order chi connectivity index (χ1) is 9.28. The summed E-state index contributed by atoms with van der Waals surface area (Å²) in [5, 5.41) is 3.29. The molecule has 19 heavy (non-hydrogen) atoms. The van der Waals surface area contributed by atoms with Crippen molar-refractivity contribution in [2.45, 2.75) is 19.8 Å². The zero-order valence-electron chi connectivity index (χ0n) is 11.1. The van der Waals surface area contributed by atoms with Gasteiger partial charge >= 0.3 is 0 Å². The molecule has 0 saturated carbocycles. The Kier molecular flexibility index (Phi) is 3.38. The number of benzene rings is 1. The van der Waals surface area contributed by atoms with E-state index in [4.69, 9.17) is 4.42 Å². The summed E-state index contributed by atoms with van der Waals surface area (Å²) in [6, 6.07) is 3.00. The Hall–Kier alpha value is -1.62. The quantitative estimate of drug-likeness (QED) is 0.922. The summed E-state index contributed by atoms with van der Waals surface area (Å²) >= 11 is 0. The van der Waals surface area contributed by atoms with Crippen LogP contribution in [0.15, 0.2) is 16.5 Å². The number of anilines is 1. The zero-order valence-corrected chi connectivity index (χ0v) is 11.1. The molecule has 0 spiro atoms. The zero-order chi connectivity index (χ0) is 13.2.